The van der Waals surface area contributed by atoms with Gasteiger partial charge in [-0.3, -0.25) is 24.0 Å². The van der Waals surface area contributed by atoms with Gasteiger partial charge in [-0.15, -0.1) is 11.3 Å². The quantitative estimate of drug-likeness (QED) is 0.0396. The number of hydrogen-bond acceptors (Lipinski definition) is 13. The predicted molar refractivity (Wildman–Crippen MR) is 322 cm³/mol. The number of aliphatic hydroxyl groups excluding tert-OH is 1. The zero-order valence-electron chi connectivity index (χ0n) is 48.9. The summed E-state index contributed by atoms with van der Waals surface area (Å²) in [5, 5.41) is 16.9. The number of nitrogens with one attached hydrogen (secondary N) is 3. The second kappa shape index (κ2) is 27.8. The molecule has 5 heterocycles. The van der Waals surface area contributed by atoms with Crippen LogP contribution in [0.5, 0.6) is 11.5 Å². The van der Waals surface area contributed by atoms with Crippen molar-refractivity contribution in [2.45, 2.75) is 131 Å². The monoisotopic (exact) mass is 1150 g/mol. The lowest BCUT2D eigenvalue weighted by Gasteiger charge is -2.37. The summed E-state index contributed by atoms with van der Waals surface area (Å²) in [4.78, 5) is 82.4. The minimum Gasteiger partial charge on any atom is -0.493 e. The number of likely N-dealkylation sites (tertiary alicyclic amines) is 1. The van der Waals surface area contributed by atoms with Crippen molar-refractivity contribution in [2.75, 3.05) is 57.6 Å². The van der Waals surface area contributed by atoms with Gasteiger partial charge in [0.1, 0.15) is 30.2 Å². The summed E-state index contributed by atoms with van der Waals surface area (Å²) in [5.41, 5.74) is 12.1. The summed E-state index contributed by atoms with van der Waals surface area (Å²) in [6.45, 7) is 18.2. The molecule has 3 aliphatic rings. The van der Waals surface area contributed by atoms with Crippen molar-refractivity contribution in [3.05, 3.63) is 151 Å². The van der Waals surface area contributed by atoms with Crippen LogP contribution in [0.15, 0.2) is 95.2 Å². The third-order valence-electron chi connectivity index (χ3n) is 16.2. The van der Waals surface area contributed by atoms with Crippen LogP contribution >= 0.6 is 11.3 Å². The zero-order valence-corrected chi connectivity index (χ0v) is 49.7. The molecule has 3 atom stereocenters. The fraction of sp³-hybridized carbons (Fsp3) is 0.446. The summed E-state index contributed by atoms with van der Waals surface area (Å²) in [6.07, 6.45) is 3.48. The van der Waals surface area contributed by atoms with Gasteiger partial charge in [0.15, 0.2) is 0 Å². The molecule has 2 aromatic heterocycles. The fourth-order valence-corrected chi connectivity index (χ4v) is 12.5. The number of fused-ring (bicyclic) bond motifs is 1. The molecule has 6 aromatic rings. The highest BCUT2D eigenvalue weighted by Crippen LogP contribution is 2.36. The number of β-amino-alcohol motifs (C(OH)–C–C–N with tert-alkyl or cyclic N) is 1. The summed E-state index contributed by atoms with van der Waals surface area (Å²) in [5.74, 6) is -0.0715. The van der Waals surface area contributed by atoms with Crippen molar-refractivity contribution in [2.24, 2.45) is 5.92 Å². The molecule has 4 aromatic carbocycles. The van der Waals surface area contributed by atoms with Crippen molar-refractivity contribution in [1.29, 1.82) is 0 Å². The summed E-state index contributed by atoms with van der Waals surface area (Å²) in [7, 11) is 0. The lowest BCUT2D eigenvalue weighted by Crippen LogP contribution is -2.55. The van der Waals surface area contributed by atoms with Crippen LogP contribution in [0, 0.1) is 33.6 Å². The van der Waals surface area contributed by atoms with E-state index in [-0.39, 0.29) is 67.2 Å². The Labute approximate surface area is 490 Å². The van der Waals surface area contributed by atoms with Crippen molar-refractivity contribution < 1.29 is 43.2 Å². The number of thiazole rings is 1. The number of amides is 4. The van der Waals surface area contributed by atoms with E-state index in [0.717, 1.165) is 99.5 Å². The Morgan fingerprint density at radius 1 is 0.855 bits per heavy atom. The molecule has 0 radical (unpaired) electrons. The topological polar surface area (TPSA) is 205 Å². The number of benzene rings is 4. The van der Waals surface area contributed by atoms with Gasteiger partial charge < -0.3 is 54.4 Å². The Morgan fingerprint density at radius 2 is 1.61 bits per heavy atom. The van der Waals surface area contributed by atoms with E-state index < -0.39 is 18.2 Å². The standard InChI is InChI=1S/C65H79N7O10S/c1-8-70(50-22-26-80-27-23-50)56-32-49(31-54(43(56)6)61(74)67-36-55-41(4)30-42(5)69-62(55)75)45-18-20-52(21-19-45)81-29-28-79-24-12-9-13-25-82-58-33-46(60-44(7)68-39-83-60)16-17-47(58)35-66-63(76)57-34-51(73)38-71(57)65(78)59(40(2)3)72-37-48-14-10-11-15-53(48)64(72)77/h10-11,14-21,30-33,39-40,50-51,57,59,73H,8-9,12-13,22-29,34-38H2,1-7H3,(H,66,76)(H,67,74)(H,69,75)/t51-,57?,59+/m1/s1. The first-order valence-electron chi connectivity index (χ1n) is 29.2. The Morgan fingerprint density at radius 3 is 2.34 bits per heavy atom. The SMILES string of the molecule is CCN(c1cc(-c2ccc(OCCOCCCCCOc3cc(-c4scnc4C)ccc3CNC(=O)C3C[C@@H](O)CN3C(=O)[C@H](C(C)C)N3Cc4ccccc4C3=O)cc2)cc(C(=O)NCc2c(C)cc(C)[nH]c2=O)c1C)C1CCOCC1. The molecule has 2 saturated heterocycles. The van der Waals surface area contributed by atoms with Gasteiger partial charge in [0.2, 0.25) is 11.8 Å². The van der Waals surface area contributed by atoms with Crippen LogP contribution in [0.4, 0.5) is 5.69 Å². The Bertz CT molecular complexity index is 3320. The zero-order chi connectivity index (χ0) is 58.7. The van der Waals surface area contributed by atoms with Gasteiger partial charge in [-0.1, -0.05) is 56.3 Å². The molecule has 0 spiro atoms. The fourth-order valence-electron chi connectivity index (χ4n) is 11.7. The van der Waals surface area contributed by atoms with Crippen LogP contribution in [-0.2, 0) is 38.7 Å². The maximum atomic E-state index is 14.3. The number of aryl methyl sites for hydroxylation is 3. The van der Waals surface area contributed by atoms with Crippen LogP contribution in [-0.4, -0.2) is 125 Å². The van der Waals surface area contributed by atoms with E-state index in [9.17, 15) is 29.1 Å². The molecule has 4 amide bonds. The number of anilines is 1. The average Bonchev–Trinajstić information content (AvgIpc) is 3.33. The summed E-state index contributed by atoms with van der Waals surface area (Å²) < 4.78 is 24.2. The number of pyridine rings is 1. The van der Waals surface area contributed by atoms with E-state index in [2.05, 4.69) is 38.5 Å². The Hall–Kier alpha value is -7.38. The van der Waals surface area contributed by atoms with Gasteiger partial charge >= 0.3 is 0 Å². The van der Waals surface area contributed by atoms with Gasteiger partial charge in [-0.05, 0) is 148 Å². The lowest BCUT2D eigenvalue weighted by atomic mass is 9.95. The van der Waals surface area contributed by atoms with Crippen LogP contribution in [0.2, 0.25) is 0 Å². The number of nitrogens with zero attached hydrogens (tertiary/aromatic N) is 4. The van der Waals surface area contributed by atoms with Crippen molar-refractivity contribution in [1.82, 2.24) is 30.4 Å². The minimum atomic E-state index is -0.906. The molecule has 440 valence electrons. The largest absolute Gasteiger partial charge is 0.493 e. The summed E-state index contributed by atoms with van der Waals surface area (Å²) >= 11 is 1.55. The molecule has 0 bridgehead atoms. The second-order valence-corrected chi connectivity index (χ2v) is 23.2. The number of unbranched alkanes of at least 4 members (excludes halogenated alkanes) is 2. The second-order valence-electron chi connectivity index (χ2n) is 22.3. The number of hydrogen-bond donors (Lipinski definition) is 4. The first-order valence-corrected chi connectivity index (χ1v) is 30.1. The third-order valence-corrected chi connectivity index (χ3v) is 17.1. The molecule has 3 aliphatic heterocycles. The first kappa shape index (κ1) is 60.2. The molecule has 0 aliphatic carbocycles. The number of aromatic amines is 1. The highest BCUT2D eigenvalue weighted by Gasteiger charge is 2.46. The molecular formula is C65H79N7O10S. The van der Waals surface area contributed by atoms with Crippen LogP contribution in [0.1, 0.15) is 119 Å². The van der Waals surface area contributed by atoms with E-state index in [4.69, 9.17) is 18.9 Å². The Kier molecular flexibility index (Phi) is 20.2. The smallest absolute Gasteiger partial charge is 0.255 e. The molecular weight excluding hydrogens is 1070 g/mol. The third kappa shape index (κ3) is 14.3. The first-order chi connectivity index (χ1) is 40.1. The van der Waals surface area contributed by atoms with Crippen LogP contribution in [0.25, 0.3) is 21.6 Å². The number of rotatable bonds is 25. The highest BCUT2D eigenvalue weighted by molar-refractivity contribution is 7.13. The molecule has 1 unspecified atom stereocenters. The molecule has 2 fully saturated rings. The van der Waals surface area contributed by atoms with Crippen molar-refractivity contribution >= 4 is 40.7 Å². The summed E-state index contributed by atoms with van der Waals surface area (Å²) in [6, 6.07) is 25.8. The minimum absolute atomic E-state index is 0.00231. The number of aliphatic hydroxyl groups is 1. The predicted octanol–water partition coefficient (Wildman–Crippen LogP) is 9.24. The van der Waals surface area contributed by atoms with Crippen molar-refractivity contribution in [3.8, 4) is 33.1 Å². The van der Waals surface area contributed by atoms with Gasteiger partial charge in [0, 0.05) is 98.6 Å². The number of carbonyl (C=O) groups excluding carboxylic acids is 4. The van der Waals surface area contributed by atoms with Gasteiger partial charge in [-0.2, -0.15) is 0 Å². The van der Waals surface area contributed by atoms with E-state index >= 15 is 0 Å². The van der Waals surface area contributed by atoms with E-state index in [1.165, 1.54) is 4.90 Å². The maximum absolute atomic E-state index is 14.3. The molecule has 9 rings (SSSR count). The number of carbonyl (C=O) groups is 4. The van der Waals surface area contributed by atoms with Crippen LogP contribution in [0.3, 0.4) is 0 Å². The van der Waals surface area contributed by atoms with E-state index in [1.807, 2.05) is 120 Å². The van der Waals surface area contributed by atoms with Gasteiger partial charge in [-0.25, -0.2) is 4.98 Å². The maximum Gasteiger partial charge on any atom is 0.255 e. The van der Waals surface area contributed by atoms with Crippen molar-refractivity contribution in [3.63, 3.8) is 0 Å². The molecule has 18 heteroatoms. The molecule has 0 saturated carbocycles. The highest BCUT2D eigenvalue weighted by atomic mass is 32.1. The lowest BCUT2D eigenvalue weighted by molar-refractivity contribution is -0.143. The molecule has 83 heavy (non-hydrogen) atoms. The van der Waals surface area contributed by atoms with Gasteiger partial charge in [0.25, 0.3) is 17.4 Å². The van der Waals surface area contributed by atoms with E-state index in [1.54, 1.807) is 22.3 Å². The average molecular weight is 1150 g/mol. The normalized spacial score (nSPS) is 16.5. The number of aromatic nitrogens is 2. The van der Waals surface area contributed by atoms with Crippen LogP contribution < -0.4 is 30.6 Å². The number of H-pyrrole nitrogens is 1. The van der Waals surface area contributed by atoms with Gasteiger partial charge in [0.05, 0.1) is 35.4 Å². The molecule has 17 nitrogen and oxygen atoms in total. The Balaban J connectivity index is 0.754. The molecule has 4 N–H and O–H groups in total. The van der Waals surface area contributed by atoms with E-state index in [0.29, 0.717) is 74.4 Å². The number of ether oxygens (including phenoxy) is 4.